The molecule has 0 spiro atoms. The topological polar surface area (TPSA) is 99.3 Å². The lowest BCUT2D eigenvalue weighted by Crippen LogP contribution is -2.14. The Hall–Kier alpha value is -3.37. The van der Waals surface area contributed by atoms with E-state index in [0.29, 0.717) is 22.0 Å². The molecule has 0 saturated heterocycles. The molecule has 1 N–H and O–H groups in total. The van der Waals surface area contributed by atoms with Crippen molar-refractivity contribution >= 4 is 40.6 Å². The quantitative estimate of drug-likeness (QED) is 0.361. The minimum absolute atomic E-state index is 0.114. The normalized spacial score (nSPS) is 10.9. The molecule has 7 nitrogen and oxygen atoms in total. The zero-order valence-electron chi connectivity index (χ0n) is 15.0. The first kappa shape index (κ1) is 19.9. The van der Waals surface area contributed by atoms with Crippen molar-refractivity contribution < 1.29 is 9.72 Å². The highest BCUT2D eigenvalue weighted by Gasteiger charge is 2.17. The number of aryl methyl sites for hydroxylation is 1. The molecule has 27 heavy (non-hydrogen) atoms. The first-order chi connectivity index (χ1) is 12.7. The molecule has 0 aliphatic heterocycles. The molecule has 0 radical (unpaired) electrons. The van der Waals surface area contributed by atoms with Crippen LogP contribution in [0.3, 0.4) is 0 Å². The second-order valence-electron chi connectivity index (χ2n) is 5.98. The highest BCUT2D eigenvalue weighted by Crippen LogP contribution is 2.28. The predicted octanol–water partition coefficient (Wildman–Crippen LogP) is 4.17. The monoisotopic (exact) mass is 384 g/mol. The molecule has 8 heteroatoms. The van der Waals surface area contributed by atoms with Crippen LogP contribution >= 0.6 is 11.6 Å². The molecule has 0 bridgehead atoms. The Balaban J connectivity index is 2.36. The predicted molar refractivity (Wildman–Crippen MR) is 106 cm³/mol. The lowest BCUT2D eigenvalue weighted by atomic mass is 10.1. The average Bonchev–Trinajstić information content (AvgIpc) is 2.62. The Morgan fingerprint density at radius 2 is 2.00 bits per heavy atom. The number of nitrogens with one attached hydrogen (secondary N) is 1. The number of carbonyl (C=O) groups is 1. The molecule has 0 fully saturated rings. The summed E-state index contributed by atoms with van der Waals surface area (Å²) in [4.78, 5) is 24.8. The molecule has 0 saturated carbocycles. The molecule has 0 atom stereocenters. The third kappa shape index (κ3) is 4.84. The van der Waals surface area contributed by atoms with Crippen LogP contribution in [0.5, 0.6) is 0 Å². The molecule has 2 rings (SSSR count). The summed E-state index contributed by atoms with van der Waals surface area (Å²) in [6.45, 7) is 1.80. The number of halogens is 1. The highest BCUT2D eigenvalue weighted by atomic mass is 35.5. The van der Waals surface area contributed by atoms with Gasteiger partial charge in [-0.05, 0) is 42.3 Å². The Labute approximate surface area is 161 Å². The van der Waals surface area contributed by atoms with Crippen molar-refractivity contribution in [2.75, 3.05) is 24.3 Å². The number of carbonyl (C=O) groups excluding carboxylic acids is 1. The molecular formula is C19H17ClN4O3. The summed E-state index contributed by atoms with van der Waals surface area (Å²) in [6, 6.07) is 11.4. The average molecular weight is 385 g/mol. The fourth-order valence-corrected chi connectivity index (χ4v) is 2.56. The van der Waals surface area contributed by atoms with Crippen molar-refractivity contribution in [1.82, 2.24) is 0 Å². The van der Waals surface area contributed by atoms with Crippen LogP contribution in [0.1, 0.15) is 11.1 Å². The molecule has 0 unspecified atom stereocenters. The zero-order chi connectivity index (χ0) is 20.1. The second-order valence-corrected chi connectivity index (χ2v) is 6.42. The van der Waals surface area contributed by atoms with E-state index in [1.165, 1.54) is 12.1 Å². The smallest absolute Gasteiger partial charge is 0.293 e. The van der Waals surface area contributed by atoms with Crippen molar-refractivity contribution in [3.63, 3.8) is 0 Å². The van der Waals surface area contributed by atoms with E-state index in [4.69, 9.17) is 11.6 Å². The fraction of sp³-hybridized carbons (Fsp3) is 0.158. The highest BCUT2D eigenvalue weighted by molar-refractivity contribution is 6.31. The number of amides is 1. The summed E-state index contributed by atoms with van der Waals surface area (Å²) in [5.41, 5.74) is 1.79. The van der Waals surface area contributed by atoms with Crippen LogP contribution in [-0.4, -0.2) is 24.9 Å². The van der Waals surface area contributed by atoms with Gasteiger partial charge in [0, 0.05) is 30.9 Å². The number of nitriles is 1. The van der Waals surface area contributed by atoms with Gasteiger partial charge in [-0.1, -0.05) is 23.7 Å². The van der Waals surface area contributed by atoms with Gasteiger partial charge < -0.3 is 10.2 Å². The van der Waals surface area contributed by atoms with E-state index in [1.54, 1.807) is 56.3 Å². The Kier molecular flexibility index (Phi) is 6.16. The van der Waals surface area contributed by atoms with Crippen LogP contribution in [-0.2, 0) is 4.79 Å². The number of hydrogen-bond acceptors (Lipinski definition) is 5. The van der Waals surface area contributed by atoms with Crippen LogP contribution in [0.25, 0.3) is 6.08 Å². The van der Waals surface area contributed by atoms with Crippen molar-refractivity contribution in [2.24, 2.45) is 0 Å². The van der Waals surface area contributed by atoms with Crippen LogP contribution in [0.4, 0.5) is 17.1 Å². The number of hydrogen-bond donors (Lipinski definition) is 1. The van der Waals surface area contributed by atoms with Crippen molar-refractivity contribution in [3.8, 4) is 6.07 Å². The van der Waals surface area contributed by atoms with E-state index in [1.807, 2.05) is 6.07 Å². The van der Waals surface area contributed by atoms with Crippen LogP contribution in [0, 0.1) is 28.4 Å². The molecule has 1 amide bonds. The maximum atomic E-state index is 12.4. The largest absolute Gasteiger partial charge is 0.372 e. The number of anilines is 2. The third-order valence-electron chi connectivity index (χ3n) is 3.80. The SMILES string of the molecule is Cc1ccc(Cl)cc1NC(=O)/C(C#N)=C/c1ccc(N(C)C)c([N+](=O)[O-])c1. The number of rotatable bonds is 5. The Bertz CT molecular complexity index is 977. The minimum Gasteiger partial charge on any atom is -0.372 e. The van der Waals surface area contributed by atoms with Gasteiger partial charge in [-0.2, -0.15) is 5.26 Å². The molecule has 0 aromatic heterocycles. The maximum Gasteiger partial charge on any atom is 0.293 e. The first-order valence-electron chi connectivity index (χ1n) is 7.88. The van der Waals surface area contributed by atoms with Crippen LogP contribution in [0.15, 0.2) is 42.0 Å². The van der Waals surface area contributed by atoms with Crippen LogP contribution < -0.4 is 10.2 Å². The number of nitro benzene ring substituents is 1. The fourth-order valence-electron chi connectivity index (χ4n) is 2.39. The van der Waals surface area contributed by atoms with E-state index in [-0.39, 0.29) is 11.3 Å². The van der Waals surface area contributed by atoms with E-state index in [2.05, 4.69) is 5.32 Å². The number of nitrogens with zero attached hydrogens (tertiary/aromatic N) is 3. The summed E-state index contributed by atoms with van der Waals surface area (Å²) in [6.07, 6.45) is 1.31. The van der Waals surface area contributed by atoms with Gasteiger partial charge in [0.2, 0.25) is 0 Å². The van der Waals surface area contributed by atoms with E-state index < -0.39 is 10.8 Å². The first-order valence-corrected chi connectivity index (χ1v) is 8.25. The Morgan fingerprint density at radius 3 is 2.59 bits per heavy atom. The van der Waals surface area contributed by atoms with Crippen molar-refractivity contribution in [3.05, 3.63) is 68.2 Å². The van der Waals surface area contributed by atoms with Gasteiger partial charge in [-0.3, -0.25) is 14.9 Å². The summed E-state index contributed by atoms with van der Waals surface area (Å²) >= 11 is 5.93. The van der Waals surface area contributed by atoms with Gasteiger partial charge in [0.05, 0.1) is 4.92 Å². The molecule has 0 heterocycles. The van der Waals surface area contributed by atoms with Gasteiger partial charge in [0.25, 0.3) is 11.6 Å². The van der Waals surface area contributed by atoms with Crippen LogP contribution in [0.2, 0.25) is 5.02 Å². The van der Waals surface area contributed by atoms with Gasteiger partial charge in [-0.25, -0.2) is 0 Å². The summed E-state index contributed by atoms with van der Waals surface area (Å²) in [7, 11) is 3.39. The van der Waals surface area contributed by atoms with Gasteiger partial charge in [0.1, 0.15) is 17.3 Å². The summed E-state index contributed by atoms with van der Waals surface area (Å²) in [5, 5.41) is 23.7. The molecule has 0 aliphatic carbocycles. The molecule has 2 aromatic carbocycles. The lowest BCUT2D eigenvalue weighted by molar-refractivity contribution is -0.384. The maximum absolute atomic E-state index is 12.4. The molecule has 0 aliphatic rings. The second kappa shape index (κ2) is 8.34. The third-order valence-corrected chi connectivity index (χ3v) is 4.04. The standard InChI is InChI=1S/C19H17ClN4O3/c1-12-4-6-15(20)10-16(12)22-19(25)14(11-21)8-13-5-7-17(23(2)3)18(9-13)24(26)27/h4-10H,1-3H3,(H,22,25)/b14-8+. The zero-order valence-corrected chi connectivity index (χ0v) is 15.7. The molecular weight excluding hydrogens is 368 g/mol. The van der Waals surface area contributed by atoms with Crippen molar-refractivity contribution in [2.45, 2.75) is 6.92 Å². The molecule has 2 aromatic rings. The summed E-state index contributed by atoms with van der Waals surface area (Å²) < 4.78 is 0. The minimum atomic E-state index is -0.623. The van der Waals surface area contributed by atoms with Gasteiger partial charge in [0.15, 0.2) is 0 Å². The number of nitro groups is 1. The lowest BCUT2D eigenvalue weighted by Gasteiger charge is -2.13. The number of benzene rings is 2. The van der Waals surface area contributed by atoms with E-state index >= 15 is 0 Å². The van der Waals surface area contributed by atoms with E-state index in [0.717, 1.165) is 5.56 Å². The van der Waals surface area contributed by atoms with Gasteiger partial charge in [-0.15, -0.1) is 0 Å². The summed E-state index contributed by atoms with van der Waals surface area (Å²) in [5.74, 6) is -0.623. The van der Waals surface area contributed by atoms with Gasteiger partial charge >= 0.3 is 0 Å². The van der Waals surface area contributed by atoms with Crippen molar-refractivity contribution in [1.29, 1.82) is 5.26 Å². The molecule has 138 valence electrons. The Morgan fingerprint density at radius 1 is 1.30 bits per heavy atom. The van der Waals surface area contributed by atoms with E-state index in [9.17, 15) is 20.2 Å².